The predicted octanol–water partition coefficient (Wildman–Crippen LogP) is -0.393. The van der Waals surface area contributed by atoms with Gasteiger partial charge in [-0.15, -0.1) is 0 Å². The maximum absolute atomic E-state index is 8.56. The van der Waals surface area contributed by atoms with Crippen LogP contribution in [0, 0.1) is 5.92 Å². The zero-order valence-corrected chi connectivity index (χ0v) is 3.47. The molecule has 0 aliphatic carbocycles. The Morgan fingerprint density at radius 1 is 1.67 bits per heavy atom. The Balaban J connectivity index is 4.23. The zero-order valence-electron chi connectivity index (χ0n) is 7.47. The molecule has 0 fully saturated rings. The molecule has 0 spiro atoms. The van der Waals surface area contributed by atoms with Crippen LogP contribution in [0.15, 0.2) is 0 Å². The van der Waals surface area contributed by atoms with E-state index in [9.17, 15) is 0 Å². The van der Waals surface area contributed by atoms with E-state index in [2.05, 4.69) is 0 Å². The Labute approximate surface area is 43.0 Å². The molecule has 0 radical (unpaired) electrons. The maximum Gasteiger partial charge on any atom is 0.0567 e. The molecule has 0 amide bonds. The SMILES string of the molecule is [2H]C([2H])(O)C(C)C([2H])([2H])O. The summed E-state index contributed by atoms with van der Waals surface area (Å²) in [4.78, 5) is 0. The highest BCUT2D eigenvalue weighted by molar-refractivity contribution is 4.41. The minimum atomic E-state index is -2.68. The van der Waals surface area contributed by atoms with E-state index in [1.54, 1.807) is 0 Å². The normalized spacial score (nSPS) is 24.7. The molecule has 0 aromatic rings. The first-order valence-corrected chi connectivity index (χ1v) is 1.60. The third-order valence-electron chi connectivity index (χ3n) is 0.387. The van der Waals surface area contributed by atoms with Crippen molar-refractivity contribution in [2.75, 3.05) is 13.1 Å². The molecule has 38 valence electrons. The summed E-state index contributed by atoms with van der Waals surface area (Å²) in [7, 11) is 0. The fourth-order valence-corrected chi connectivity index (χ4v) is 0.0289. The van der Waals surface area contributed by atoms with Crippen molar-refractivity contribution in [2.24, 2.45) is 5.92 Å². The lowest BCUT2D eigenvalue weighted by Crippen LogP contribution is -2.04. The second kappa shape index (κ2) is 3.12. The summed E-state index contributed by atoms with van der Waals surface area (Å²) < 4.78 is 26.5. The van der Waals surface area contributed by atoms with Gasteiger partial charge in [-0.05, 0) is 0 Å². The van der Waals surface area contributed by atoms with Gasteiger partial charge in [0, 0.05) is 19.0 Å². The molecule has 0 saturated carbocycles. The van der Waals surface area contributed by atoms with Gasteiger partial charge in [-0.2, -0.15) is 0 Å². The first-order valence-electron chi connectivity index (χ1n) is 3.60. The minimum absolute atomic E-state index is 1.08. The van der Waals surface area contributed by atoms with Crippen LogP contribution in [-0.4, -0.2) is 23.3 Å². The van der Waals surface area contributed by atoms with Crippen molar-refractivity contribution in [3.05, 3.63) is 0 Å². The van der Waals surface area contributed by atoms with Gasteiger partial charge in [0.1, 0.15) is 0 Å². The van der Waals surface area contributed by atoms with Crippen LogP contribution in [0.25, 0.3) is 0 Å². The third-order valence-corrected chi connectivity index (χ3v) is 0.387. The lowest BCUT2D eigenvalue weighted by molar-refractivity contribution is 0.162. The molecule has 0 aromatic carbocycles. The van der Waals surface area contributed by atoms with Crippen molar-refractivity contribution in [3.8, 4) is 0 Å². The molecular formula is C4H10O2. The second-order valence-electron chi connectivity index (χ2n) is 0.980. The van der Waals surface area contributed by atoms with Crippen LogP contribution in [0.1, 0.15) is 12.4 Å². The summed E-state index contributed by atoms with van der Waals surface area (Å²) in [6.45, 7) is -4.28. The van der Waals surface area contributed by atoms with Gasteiger partial charge in [0.2, 0.25) is 0 Å². The summed E-state index contributed by atoms with van der Waals surface area (Å²) in [5, 5.41) is 17.1. The van der Waals surface area contributed by atoms with E-state index in [1.807, 2.05) is 0 Å². The molecule has 2 heteroatoms. The van der Waals surface area contributed by atoms with Crippen molar-refractivity contribution < 1.29 is 15.7 Å². The molecule has 0 unspecified atom stereocenters. The topological polar surface area (TPSA) is 40.5 Å². The van der Waals surface area contributed by atoms with E-state index in [-0.39, 0.29) is 0 Å². The molecule has 2 N–H and O–H groups in total. The molecule has 0 bridgehead atoms. The van der Waals surface area contributed by atoms with Gasteiger partial charge in [-0.1, -0.05) is 6.92 Å². The molecular weight excluding hydrogens is 80.0 g/mol. The molecule has 0 rings (SSSR count). The summed E-state index contributed by atoms with van der Waals surface area (Å²) in [6, 6.07) is 0. The smallest absolute Gasteiger partial charge is 0.0567 e. The van der Waals surface area contributed by atoms with Crippen LogP contribution < -0.4 is 0 Å². The lowest BCUT2D eigenvalue weighted by atomic mass is 10.2. The molecule has 0 heterocycles. The number of rotatable bonds is 2. The van der Waals surface area contributed by atoms with Gasteiger partial charge in [0.05, 0.1) is 5.48 Å². The maximum atomic E-state index is 8.56. The van der Waals surface area contributed by atoms with Crippen LogP contribution in [0.3, 0.4) is 0 Å². The fraction of sp³-hybridized carbons (Fsp3) is 1.00. The molecule has 0 aliphatic rings. The van der Waals surface area contributed by atoms with Gasteiger partial charge >= 0.3 is 0 Å². The molecule has 0 aliphatic heterocycles. The van der Waals surface area contributed by atoms with Crippen molar-refractivity contribution in [1.82, 2.24) is 0 Å². The van der Waals surface area contributed by atoms with Gasteiger partial charge in [-0.25, -0.2) is 0 Å². The number of hydrogen-bond donors (Lipinski definition) is 2. The van der Waals surface area contributed by atoms with E-state index in [1.165, 1.54) is 0 Å². The van der Waals surface area contributed by atoms with E-state index < -0.39 is 19.0 Å². The van der Waals surface area contributed by atoms with E-state index >= 15 is 0 Å². The van der Waals surface area contributed by atoms with Gasteiger partial charge in [0.25, 0.3) is 0 Å². The van der Waals surface area contributed by atoms with Gasteiger partial charge in [0.15, 0.2) is 0 Å². The third kappa shape index (κ3) is 2.18. The zero-order chi connectivity index (χ0) is 8.58. The first kappa shape index (κ1) is 1.80. The Bertz CT molecular complexity index is 99.4. The molecule has 0 saturated heterocycles. The van der Waals surface area contributed by atoms with E-state index in [0.717, 1.165) is 6.92 Å². The Morgan fingerprint density at radius 3 is 2.00 bits per heavy atom. The highest BCUT2D eigenvalue weighted by atomic mass is 16.3. The predicted molar refractivity (Wildman–Crippen MR) is 23.3 cm³/mol. The monoisotopic (exact) mass is 94.1 g/mol. The standard InChI is InChI=1S/C4H10O2/c1-4(2-5)3-6/h4-6H,2-3H2,1H3/i2D2,3D2. The van der Waals surface area contributed by atoms with E-state index in [0.29, 0.717) is 0 Å². The highest BCUT2D eigenvalue weighted by Crippen LogP contribution is 1.85. The van der Waals surface area contributed by atoms with Crippen LogP contribution in [0.5, 0.6) is 0 Å². The van der Waals surface area contributed by atoms with E-state index in [4.69, 9.17) is 15.7 Å². The quantitative estimate of drug-likeness (QED) is 0.489. The fourth-order valence-electron chi connectivity index (χ4n) is 0.0289. The second-order valence-corrected chi connectivity index (χ2v) is 0.980. The van der Waals surface area contributed by atoms with Crippen molar-refractivity contribution >= 4 is 0 Å². The summed E-state index contributed by atoms with van der Waals surface area (Å²) in [5.74, 6) is -1.46. The average Bonchev–Trinajstić information content (AvgIpc) is 1.59. The minimum Gasteiger partial charge on any atom is -0.396 e. The Kier molecular flexibility index (Phi) is 0.938. The van der Waals surface area contributed by atoms with Crippen molar-refractivity contribution in [1.29, 1.82) is 0 Å². The average molecular weight is 94.1 g/mol. The highest BCUT2D eigenvalue weighted by Gasteiger charge is 1.91. The molecule has 0 atom stereocenters. The molecule has 2 nitrogen and oxygen atoms in total. The van der Waals surface area contributed by atoms with Crippen LogP contribution in [0.4, 0.5) is 0 Å². The Hall–Kier alpha value is -0.0800. The van der Waals surface area contributed by atoms with Crippen LogP contribution in [-0.2, 0) is 0 Å². The van der Waals surface area contributed by atoms with Crippen molar-refractivity contribution in [3.63, 3.8) is 0 Å². The number of hydrogen-bond acceptors (Lipinski definition) is 2. The van der Waals surface area contributed by atoms with Crippen LogP contribution >= 0.6 is 0 Å². The molecule has 0 aromatic heterocycles. The van der Waals surface area contributed by atoms with Gasteiger partial charge in [-0.3, -0.25) is 0 Å². The van der Waals surface area contributed by atoms with Crippen molar-refractivity contribution in [2.45, 2.75) is 6.92 Å². The van der Waals surface area contributed by atoms with Crippen LogP contribution in [0.2, 0.25) is 0 Å². The largest absolute Gasteiger partial charge is 0.396 e. The summed E-state index contributed by atoms with van der Waals surface area (Å²) >= 11 is 0. The summed E-state index contributed by atoms with van der Waals surface area (Å²) in [6.07, 6.45) is 0. The Morgan fingerprint density at radius 2 is 2.00 bits per heavy atom. The number of aliphatic hydroxyl groups is 2. The molecule has 6 heavy (non-hydrogen) atoms. The van der Waals surface area contributed by atoms with Gasteiger partial charge < -0.3 is 10.2 Å². The first-order chi connectivity index (χ1) is 4.15. The summed E-state index contributed by atoms with van der Waals surface area (Å²) in [5.41, 5.74) is 0. The lowest BCUT2D eigenvalue weighted by Gasteiger charge is -1.97.